The highest BCUT2D eigenvalue weighted by Gasteiger charge is 2.04. The summed E-state index contributed by atoms with van der Waals surface area (Å²) < 4.78 is 5.28. The Bertz CT molecular complexity index is 291. The van der Waals surface area contributed by atoms with Crippen LogP contribution >= 0.6 is 11.8 Å². The van der Waals surface area contributed by atoms with Crippen LogP contribution in [-0.4, -0.2) is 25.0 Å². The van der Waals surface area contributed by atoms with E-state index in [0.717, 1.165) is 12.4 Å². The average Bonchev–Trinajstić information content (AvgIpc) is 2.25. The monoisotopic (exact) mass is 225 g/mol. The van der Waals surface area contributed by atoms with Gasteiger partial charge >= 0.3 is 0 Å². The highest BCUT2D eigenvalue weighted by molar-refractivity contribution is 7.99. The predicted octanol–water partition coefficient (Wildman–Crippen LogP) is 2.45. The lowest BCUT2D eigenvalue weighted by atomic mass is 10.2. The van der Waals surface area contributed by atoms with Crippen LogP contribution in [0.4, 0.5) is 0 Å². The predicted molar refractivity (Wildman–Crippen MR) is 66.4 cm³/mol. The third kappa shape index (κ3) is 4.69. The molecule has 0 saturated heterocycles. The van der Waals surface area contributed by atoms with Crippen molar-refractivity contribution in [3.05, 3.63) is 29.8 Å². The van der Waals surface area contributed by atoms with Crippen molar-refractivity contribution in [1.82, 2.24) is 0 Å². The molecule has 1 atom stereocenters. The van der Waals surface area contributed by atoms with Crippen LogP contribution in [-0.2, 0) is 4.74 Å². The largest absolute Gasteiger partial charge is 0.380 e. The van der Waals surface area contributed by atoms with Gasteiger partial charge in [0, 0.05) is 23.3 Å². The van der Waals surface area contributed by atoms with Crippen molar-refractivity contribution in [3.8, 4) is 0 Å². The number of hydrogen-bond donors (Lipinski definition) is 1. The van der Waals surface area contributed by atoms with Gasteiger partial charge in [-0.25, -0.2) is 0 Å². The Balaban J connectivity index is 2.33. The van der Waals surface area contributed by atoms with Crippen molar-refractivity contribution in [2.24, 2.45) is 5.73 Å². The van der Waals surface area contributed by atoms with Crippen LogP contribution < -0.4 is 5.73 Å². The zero-order valence-corrected chi connectivity index (χ0v) is 10.2. The Morgan fingerprint density at radius 2 is 2.13 bits per heavy atom. The Kier molecular flexibility index (Phi) is 5.76. The molecule has 0 heterocycles. The first kappa shape index (κ1) is 12.6. The van der Waals surface area contributed by atoms with Crippen molar-refractivity contribution >= 4 is 11.8 Å². The van der Waals surface area contributed by atoms with Gasteiger partial charge in [-0.05, 0) is 25.5 Å². The fourth-order valence-electron chi connectivity index (χ4n) is 1.23. The van der Waals surface area contributed by atoms with Gasteiger partial charge in [-0.3, -0.25) is 0 Å². The minimum absolute atomic E-state index is 0.120. The molecule has 0 aliphatic carbocycles. The summed E-state index contributed by atoms with van der Waals surface area (Å²) in [6, 6.07) is 8.49. The van der Waals surface area contributed by atoms with Crippen molar-refractivity contribution in [3.63, 3.8) is 0 Å². The van der Waals surface area contributed by atoms with Crippen LogP contribution in [0.15, 0.2) is 29.2 Å². The van der Waals surface area contributed by atoms with Gasteiger partial charge in [-0.15, -0.1) is 11.8 Å². The minimum atomic E-state index is 0.120. The first-order valence-electron chi connectivity index (χ1n) is 5.25. The van der Waals surface area contributed by atoms with Crippen LogP contribution in [0.25, 0.3) is 0 Å². The maximum atomic E-state index is 5.91. The van der Waals surface area contributed by atoms with Crippen LogP contribution in [0.3, 0.4) is 0 Å². The van der Waals surface area contributed by atoms with E-state index in [1.807, 2.05) is 6.92 Å². The molecule has 0 aliphatic heterocycles. The molecule has 0 bridgehead atoms. The lowest BCUT2D eigenvalue weighted by Crippen LogP contribution is -2.28. The molecule has 1 unspecified atom stereocenters. The van der Waals surface area contributed by atoms with Crippen molar-refractivity contribution in [1.29, 1.82) is 0 Å². The lowest BCUT2D eigenvalue weighted by molar-refractivity contribution is 0.138. The third-order valence-electron chi connectivity index (χ3n) is 2.08. The Hall–Kier alpha value is -0.510. The number of ether oxygens (including phenoxy) is 1. The molecule has 1 aromatic rings. The number of hydrogen-bond acceptors (Lipinski definition) is 3. The zero-order valence-electron chi connectivity index (χ0n) is 9.40. The van der Waals surface area contributed by atoms with Gasteiger partial charge in [0.2, 0.25) is 0 Å². The van der Waals surface area contributed by atoms with E-state index in [2.05, 4.69) is 31.2 Å². The molecule has 0 aliphatic rings. The van der Waals surface area contributed by atoms with E-state index < -0.39 is 0 Å². The van der Waals surface area contributed by atoms with Crippen LogP contribution in [0.2, 0.25) is 0 Å². The molecule has 2 N–H and O–H groups in total. The normalized spacial score (nSPS) is 12.7. The molecule has 2 nitrogen and oxygen atoms in total. The molecule has 0 amide bonds. The Labute approximate surface area is 96.2 Å². The maximum Gasteiger partial charge on any atom is 0.0625 e. The van der Waals surface area contributed by atoms with Crippen LogP contribution in [0.1, 0.15) is 12.5 Å². The topological polar surface area (TPSA) is 35.2 Å². The summed E-state index contributed by atoms with van der Waals surface area (Å²) in [4.78, 5) is 1.31. The molecule has 3 heteroatoms. The number of benzene rings is 1. The van der Waals surface area contributed by atoms with Crippen molar-refractivity contribution in [2.45, 2.75) is 24.8 Å². The molecule has 0 aromatic heterocycles. The van der Waals surface area contributed by atoms with E-state index in [1.165, 1.54) is 10.5 Å². The van der Waals surface area contributed by atoms with Crippen LogP contribution in [0.5, 0.6) is 0 Å². The number of rotatable bonds is 6. The first-order chi connectivity index (χ1) is 7.24. The van der Waals surface area contributed by atoms with Crippen LogP contribution in [0, 0.1) is 6.92 Å². The van der Waals surface area contributed by atoms with Crippen molar-refractivity contribution in [2.75, 3.05) is 19.0 Å². The molecule has 15 heavy (non-hydrogen) atoms. The zero-order chi connectivity index (χ0) is 11.1. The molecule has 0 saturated carbocycles. The molecule has 1 rings (SSSR count). The quantitative estimate of drug-likeness (QED) is 0.755. The van der Waals surface area contributed by atoms with Gasteiger partial charge in [0.25, 0.3) is 0 Å². The molecule has 1 aromatic carbocycles. The summed E-state index contributed by atoms with van der Waals surface area (Å²) in [5, 5.41) is 0. The third-order valence-corrected chi connectivity index (χ3v) is 3.45. The van der Waals surface area contributed by atoms with Gasteiger partial charge in [-0.1, -0.05) is 18.2 Å². The SMILES string of the molecule is CCOCC(N)CSc1ccccc1C. The number of nitrogens with two attached hydrogens (primary N) is 1. The van der Waals surface area contributed by atoms with E-state index in [9.17, 15) is 0 Å². The molecule has 84 valence electrons. The number of thioether (sulfide) groups is 1. The Morgan fingerprint density at radius 1 is 1.40 bits per heavy atom. The van der Waals surface area contributed by atoms with Crippen molar-refractivity contribution < 1.29 is 4.74 Å². The summed E-state index contributed by atoms with van der Waals surface area (Å²) in [6.07, 6.45) is 0. The second-order valence-electron chi connectivity index (χ2n) is 3.50. The van der Waals surface area contributed by atoms with Gasteiger partial charge in [0.1, 0.15) is 0 Å². The molecular formula is C12H19NOS. The average molecular weight is 225 g/mol. The fraction of sp³-hybridized carbons (Fsp3) is 0.500. The minimum Gasteiger partial charge on any atom is -0.380 e. The summed E-state index contributed by atoms with van der Waals surface area (Å²) >= 11 is 1.80. The second-order valence-corrected chi connectivity index (χ2v) is 4.56. The highest BCUT2D eigenvalue weighted by atomic mass is 32.2. The lowest BCUT2D eigenvalue weighted by Gasteiger charge is -2.11. The molecule has 0 fully saturated rings. The molecule has 0 radical (unpaired) electrons. The number of aryl methyl sites for hydroxylation is 1. The second kappa shape index (κ2) is 6.88. The summed E-state index contributed by atoms with van der Waals surface area (Å²) in [5.74, 6) is 0.908. The summed E-state index contributed by atoms with van der Waals surface area (Å²) in [6.45, 7) is 5.50. The van der Waals surface area contributed by atoms with Gasteiger partial charge in [-0.2, -0.15) is 0 Å². The standard InChI is InChI=1S/C12H19NOS/c1-3-14-8-11(13)9-15-12-7-5-4-6-10(12)2/h4-7,11H,3,8-9,13H2,1-2H3. The maximum absolute atomic E-state index is 5.91. The smallest absolute Gasteiger partial charge is 0.0625 e. The van der Waals surface area contributed by atoms with Gasteiger partial charge in [0.05, 0.1) is 6.61 Å². The Morgan fingerprint density at radius 3 is 2.80 bits per heavy atom. The molecule has 0 spiro atoms. The summed E-state index contributed by atoms with van der Waals surface area (Å²) in [7, 11) is 0. The summed E-state index contributed by atoms with van der Waals surface area (Å²) in [5.41, 5.74) is 7.22. The van der Waals surface area contributed by atoms with Gasteiger partial charge < -0.3 is 10.5 Å². The van der Waals surface area contributed by atoms with E-state index in [0.29, 0.717) is 6.61 Å². The fourth-order valence-corrected chi connectivity index (χ4v) is 2.19. The first-order valence-corrected chi connectivity index (χ1v) is 6.24. The molecular weight excluding hydrogens is 206 g/mol. The van der Waals surface area contributed by atoms with E-state index in [-0.39, 0.29) is 6.04 Å². The highest BCUT2D eigenvalue weighted by Crippen LogP contribution is 2.21. The van der Waals surface area contributed by atoms with E-state index in [4.69, 9.17) is 10.5 Å². The van der Waals surface area contributed by atoms with E-state index in [1.54, 1.807) is 11.8 Å². The van der Waals surface area contributed by atoms with E-state index >= 15 is 0 Å². The van der Waals surface area contributed by atoms with Gasteiger partial charge in [0.15, 0.2) is 0 Å².